The van der Waals surface area contributed by atoms with Crippen molar-refractivity contribution in [2.45, 2.75) is 18.1 Å². The number of anilines is 1. The molecule has 1 N–H and O–H groups in total. The van der Waals surface area contributed by atoms with Crippen molar-refractivity contribution in [3.63, 3.8) is 0 Å². The van der Waals surface area contributed by atoms with Gasteiger partial charge in [-0.3, -0.25) is 4.79 Å². The normalized spacial score (nSPS) is 11.1. The topological polar surface area (TPSA) is 75.0 Å². The maximum absolute atomic E-state index is 13.1. The van der Waals surface area contributed by atoms with E-state index in [9.17, 15) is 23.2 Å². The number of methoxy groups -OCH3 is 1. The smallest absolute Gasteiger partial charge is 0.416 e. The fraction of sp³-hybridized carbons (Fsp3) is 0.138. The summed E-state index contributed by atoms with van der Waals surface area (Å²) in [6.07, 6.45) is -4.58. The van der Waals surface area contributed by atoms with Crippen molar-refractivity contribution in [3.8, 4) is 34.2 Å². The number of nitriles is 1. The first-order valence-corrected chi connectivity index (χ1v) is 12.9. The van der Waals surface area contributed by atoms with Crippen LogP contribution in [0.5, 0.6) is 5.75 Å². The molecule has 0 unspecified atom stereocenters. The molecule has 0 aliphatic heterocycles. The lowest BCUT2D eigenvalue weighted by molar-refractivity contribution is -0.137. The standard InChI is InChI=1S/C29H21ClF3N3O2S/c1-17-3-5-19(6-4-17)25-14-22(18-7-10-21(38-2)11-8-18)23(15-34)28(36-25)39-16-27(37)35-26-13-20(29(31,32)33)9-12-24(26)30/h3-14H,16H2,1-2H3,(H,35,37). The summed E-state index contributed by atoms with van der Waals surface area (Å²) in [5.41, 5.74) is 3.05. The molecule has 0 atom stereocenters. The van der Waals surface area contributed by atoms with Gasteiger partial charge in [0.25, 0.3) is 0 Å². The van der Waals surface area contributed by atoms with Crippen LogP contribution in [0.2, 0.25) is 5.02 Å². The Hall–Kier alpha value is -4.00. The molecule has 1 heterocycles. The van der Waals surface area contributed by atoms with E-state index < -0.39 is 17.6 Å². The van der Waals surface area contributed by atoms with Gasteiger partial charge in [0.2, 0.25) is 5.91 Å². The quantitative estimate of drug-likeness (QED) is 0.229. The van der Waals surface area contributed by atoms with Gasteiger partial charge in [0.15, 0.2) is 0 Å². The van der Waals surface area contributed by atoms with Crippen molar-refractivity contribution in [3.05, 3.63) is 94.5 Å². The number of amides is 1. The van der Waals surface area contributed by atoms with Gasteiger partial charge in [-0.05, 0) is 48.9 Å². The van der Waals surface area contributed by atoms with Gasteiger partial charge in [0, 0.05) is 11.1 Å². The Kier molecular flexibility index (Phi) is 8.48. The minimum atomic E-state index is -4.58. The Morgan fingerprint density at radius 1 is 1.05 bits per heavy atom. The third kappa shape index (κ3) is 6.72. The number of nitrogens with zero attached hydrogens (tertiary/aromatic N) is 2. The summed E-state index contributed by atoms with van der Waals surface area (Å²) in [6, 6.07) is 21.6. The molecule has 1 aromatic heterocycles. The monoisotopic (exact) mass is 567 g/mol. The van der Waals surface area contributed by atoms with Gasteiger partial charge in [-0.25, -0.2) is 4.98 Å². The number of benzene rings is 3. The summed E-state index contributed by atoms with van der Waals surface area (Å²) in [4.78, 5) is 17.4. The lowest BCUT2D eigenvalue weighted by Gasteiger charge is -2.14. The van der Waals surface area contributed by atoms with Crippen LogP contribution in [0.1, 0.15) is 16.7 Å². The number of hydrogen-bond donors (Lipinski definition) is 1. The lowest BCUT2D eigenvalue weighted by Crippen LogP contribution is -2.15. The molecule has 0 saturated carbocycles. The van der Waals surface area contributed by atoms with E-state index >= 15 is 0 Å². The maximum Gasteiger partial charge on any atom is 0.416 e. The second-order valence-electron chi connectivity index (χ2n) is 8.47. The van der Waals surface area contributed by atoms with Crippen molar-refractivity contribution in [1.29, 1.82) is 5.26 Å². The number of aromatic nitrogens is 1. The highest BCUT2D eigenvalue weighted by Gasteiger charge is 2.31. The number of thioether (sulfide) groups is 1. The summed E-state index contributed by atoms with van der Waals surface area (Å²) in [5.74, 6) is -0.156. The molecule has 0 spiro atoms. The van der Waals surface area contributed by atoms with Crippen LogP contribution < -0.4 is 10.1 Å². The number of carbonyl (C=O) groups excluding carboxylic acids is 1. The largest absolute Gasteiger partial charge is 0.497 e. The van der Waals surface area contributed by atoms with E-state index in [-0.39, 0.29) is 22.0 Å². The number of hydrogen-bond acceptors (Lipinski definition) is 5. The number of carbonyl (C=O) groups is 1. The summed E-state index contributed by atoms with van der Waals surface area (Å²) >= 11 is 7.02. The van der Waals surface area contributed by atoms with Crippen LogP contribution in [0, 0.1) is 18.3 Å². The van der Waals surface area contributed by atoms with E-state index in [2.05, 4.69) is 16.4 Å². The highest BCUT2D eigenvalue weighted by Crippen LogP contribution is 2.36. The molecule has 5 nitrogen and oxygen atoms in total. The van der Waals surface area contributed by atoms with Gasteiger partial charge < -0.3 is 10.1 Å². The van der Waals surface area contributed by atoms with E-state index in [1.165, 1.54) is 0 Å². The van der Waals surface area contributed by atoms with Gasteiger partial charge in [0.05, 0.1) is 40.4 Å². The maximum atomic E-state index is 13.1. The van der Waals surface area contributed by atoms with Gasteiger partial charge >= 0.3 is 6.18 Å². The van der Waals surface area contributed by atoms with Crippen molar-refractivity contribution < 1.29 is 22.7 Å². The predicted molar refractivity (Wildman–Crippen MR) is 147 cm³/mol. The highest BCUT2D eigenvalue weighted by molar-refractivity contribution is 8.00. The second-order valence-corrected chi connectivity index (χ2v) is 9.84. The summed E-state index contributed by atoms with van der Waals surface area (Å²) in [7, 11) is 1.56. The molecule has 10 heteroatoms. The van der Waals surface area contributed by atoms with Crippen LogP contribution in [-0.4, -0.2) is 23.8 Å². The van der Waals surface area contributed by atoms with Crippen molar-refractivity contribution in [2.75, 3.05) is 18.2 Å². The molecule has 4 rings (SSSR count). The Balaban J connectivity index is 1.67. The summed E-state index contributed by atoms with van der Waals surface area (Å²) < 4.78 is 44.6. The van der Waals surface area contributed by atoms with E-state index in [4.69, 9.17) is 16.3 Å². The lowest BCUT2D eigenvalue weighted by atomic mass is 9.99. The molecule has 0 bridgehead atoms. The molecule has 198 valence electrons. The summed E-state index contributed by atoms with van der Waals surface area (Å²) in [5, 5.41) is 12.8. The zero-order chi connectivity index (χ0) is 28.2. The van der Waals surface area contributed by atoms with Gasteiger partial charge in [0.1, 0.15) is 16.8 Å². The third-order valence-corrected chi connectivity index (χ3v) is 7.06. The van der Waals surface area contributed by atoms with Gasteiger partial charge in [-0.1, -0.05) is 65.3 Å². The van der Waals surface area contributed by atoms with E-state index in [1.54, 1.807) is 19.2 Å². The molecule has 3 aromatic carbocycles. The second kappa shape index (κ2) is 11.8. The summed E-state index contributed by atoms with van der Waals surface area (Å²) in [6.45, 7) is 1.97. The average Bonchev–Trinajstić information content (AvgIpc) is 2.92. The Morgan fingerprint density at radius 2 is 1.72 bits per heavy atom. The van der Waals surface area contributed by atoms with Crippen LogP contribution >= 0.6 is 23.4 Å². The molecule has 0 fully saturated rings. The highest BCUT2D eigenvalue weighted by atomic mass is 35.5. The van der Waals surface area contributed by atoms with Gasteiger partial charge in [-0.2, -0.15) is 18.4 Å². The van der Waals surface area contributed by atoms with Crippen LogP contribution in [0.25, 0.3) is 22.4 Å². The van der Waals surface area contributed by atoms with Crippen LogP contribution in [0.15, 0.2) is 77.8 Å². The number of halogens is 4. The minimum absolute atomic E-state index is 0.0275. The number of ether oxygens (including phenoxy) is 1. The zero-order valence-corrected chi connectivity index (χ0v) is 22.3. The molecule has 39 heavy (non-hydrogen) atoms. The average molecular weight is 568 g/mol. The Labute approximate surface area is 232 Å². The molecule has 1 amide bonds. The Morgan fingerprint density at radius 3 is 2.33 bits per heavy atom. The molecule has 0 aliphatic carbocycles. The number of nitrogens with one attached hydrogen (secondary N) is 1. The number of alkyl halides is 3. The molecule has 0 saturated heterocycles. The SMILES string of the molecule is COc1ccc(-c2cc(-c3ccc(C)cc3)nc(SCC(=O)Nc3cc(C(F)(F)F)ccc3Cl)c2C#N)cc1. The number of rotatable bonds is 7. The van der Waals surface area contributed by atoms with Crippen LogP contribution in [-0.2, 0) is 11.0 Å². The fourth-order valence-electron chi connectivity index (χ4n) is 3.72. The first-order valence-electron chi connectivity index (χ1n) is 11.5. The van der Waals surface area contributed by atoms with E-state index in [0.717, 1.165) is 46.7 Å². The molecule has 0 radical (unpaired) electrons. The van der Waals surface area contributed by atoms with Crippen molar-refractivity contribution in [1.82, 2.24) is 4.98 Å². The first kappa shape index (κ1) is 28.0. The van der Waals surface area contributed by atoms with E-state index in [1.807, 2.05) is 49.4 Å². The first-order chi connectivity index (χ1) is 18.6. The molecular formula is C29H21ClF3N3O2S. The van der Waals surface area contributed by atoms with Crippen molar-refractivity contribution in [2.24, 2.45) is 0 Å². The van der Waals surface area contributed by atoms with Gasteiger partial charge in [-0.15, -0.1) is 0 Å². The van der Waals surface area contributed by atoms with E-state index in [0.29, 0.717) is 22.0 Å². The minimum Gasteiger partial charge on any atom is -0.497 e. The van der Waals surface area contributed by atoms with Crippen LogP contribution in [0.3, 0.4) is 0 Å². The number of pyridine rings is 1. The molecular weight excluding hydrogens is 547 g/mol. The third-order valence-electron chi connectivity index (χ3n) is 5.75. The Bertz CT molecular complexity index is 1550. The fourth-order valence-corrected chi connectivity index (χ4v) is 4.69. The van der Waals surface area contributed by atoms with Crippen molar-refractivity contribution >= 4 is 35.0 Å². The molecule has 4 aromatic rings. The number of aryl methyl sites for hydroxylation is 1. The zero-order valence-electron chi connectivity index (χ0n) is 20.8. The van der Waals surface area contributed by atoms with Crippen LogP contribution in [0.4, 0.5) is 18.9 Å². The predicted octanol–water partition coefficient (Wildman–Crippen LogP) is 8.01. The molecule has 0 aliphatic rings.